The summed E-state index contributed by atoms with van der Waals surface area (Å²) in [4.78, 5) is 28.0. The summed E-state index contributed by atoms with van der Waals surface area (Å²) in [5.74, 6) is 0.518. The molecule has 0 fully saturated rings. The minimum Gasteiger partial charge on any atom is -0.479 e. The molecule has 0 aliphatic carbocycles. The van der Waals surface area contributed by atoms with Crippen molar-refractivity contribution in [2.45, 2.75) is 13.3 Å². The number of para-hydroxylation sites is 1. The molecule has 1 aliphatic rings. The first-order valence-electron chi connectivity index (χ1n) is 8.34. The lowest BCUT2D eigenvalue weighted by Gasteiger charge is -2.20. The molecule has 0 atom stereocenters. The molecule has 0 unspecified atom stereocenters. The predicted molar refractivity (Wildman–Crippen MR) is 97.4 cm³/mol. The van der Waals surface area contributed by atoms with Gasteiger partial charge in [0.15, 0.2) is 12.4 Å². The number of anilines is 2. The number of ether oxygens (including phenoxy) is 1. The van der Waals surface area contributed by atoms with E-state index in [2.05, 4.69) is 20.8 Å². The summed E-state index contributed by atoms with van der Waals surface area (Å²) in [6, 6.07) is 12.8. The second-order valence-electron chi connectivity index (χ2n) is 6.07. The van der Waals surface area contributed by atoms with Gasteiger partial charge in [0, 0.05) is 5.56 Å². The zero-order valence-corrected chi connectivity index (χ0v) is 14.5. The molecule has 2 heterocycles. The van der Waals surface area contributed by atoms with Gasteiger partial charge in [0.25, 0.3) is 5.91 Å². The van der Waals surface area contributed by atoms with E-state index < -0.39 is 0 Å². The van der Waals surface area contributed by atoms with E-state index in [9.17, 15) is 9.59 Å². The quantitative estimate of drug-likeness (QED) is 0.737. The normalized spacial score (nSPS) is 12.7. The molecule has 0 saturated heterocycles. The summed E-state index contributed by atoms with van der Waals surface area (Å²) in [5.41, 5.74) is 2.86. The molecule has 2 amide bonds. The Morgan fingerprint density at radius 2 is 2.07 bits per heavy atom. The van der Waals surface area contributed by atoms with E-state index in [0.29, 0.717) is 22.9 Å². The highest BCUT2D eigenvalue weighted by atomic mass is 16.5. The van der Waals surface area contributed by atoms with Crippen molar-refractivity contribution >= 4 is 23.2 Å². The van der Waals surface area contributed by atoms with Crippen LogP contribution in [0.25, 0.3) is 11.4 Å². The number of nitrogens with one attached hydrogen (secondary N) is 2. The third kappa shape index (κ3) is 3.50. The number of carbonyl (C=O) groups is 2. The first-order chi connectivity index (χ1) is 13.1. The maximum Gasteiger partial charge on any atom is 0.262 e. The molecule has 1 aromatic heterocycles. The van der Waals surface area contributed by atoms with Gasteiger partial charge in [0.2, 0.25) is 17.6 Å². The van der Waals surface area contributed by atoms with Crippen LogP contribution in [0.15, 0.2) is 47.0 Å². The Hall–Kier alpha value is -3.68. The molecule has 2 aromatic carbocycles. The number of nitrogens with zero attached hydrogens (tertiary/aromatic N) is 2. The van der Waals surface area contributed by atoms with Crippen molar-refractivity contribution in [3.63, 3.8) is 0 Å². The minimum atomic E-state index is -0.330. The molecule has 0 radical (unpaired) electrons. The standard InChI is InChI=1S/C19H16N4O4/c1-11-5-2-3-6-12(11)19-22-17(27-23-19)9-15(24)20-13-7-4-8-14-18(13)26-10-16(25)21-14/h2-8H,9-10H2,1H3,(H,20,24)(H,21,25). The molecular weight excluding hydrogens is 348 g/mol. The maximum atomic E-state index is 12.4. The molecule has 0 spiro atoms. The number of carbonyl (C=O) groups excluding carboxylic acids is 2. The summed E-state index contributed by atoms with van der Waals surface area (Å²) < 4.78 is 10.6. The van der Waals surface area contributed by atoms with Gasteiger partial charge in [0.1, 0.15) is 6.42 Å². The number of benzene rings is 2. The predicted octanol–water partition coefficient (Wildman–Crippen LogP) is 2.56. The van der Waals surface area contributed by atoms with Crippen LogP contribution >= 0.6 is 0 Å². The maximum absolute atomic E-state index is 12.4. The van der Waals surface area contributed by atoms with Crippen LogP contribution in [0, 0.1) is 6.92 Å². The van der Waals surface area contributed by atoms with Crippen molar-refractivity contribution < 1.29 is 18.8 Å². The molecule has 4 rings (SSSR count). The molecular formula is C19H16N4O4. The Morgan fingerprint density at radius 3 is 2.93 bits per heavy atom. The van der Waals surface area contributed by atoms with Crippen LogP contribution < -0.4 is 15.4 Å². The number of fused-ring (bicyclic) bond motifs is 1. The van der Waals surface area contributed by atoms with Crippen LogP contribution in [0.3, 0.4) is 0 Å². The van der Waals surface area contributed by atoms with Crippen molar-refractivity contribution in [3.8, 4) is 17.1 Å². The SMILES string of the molecule is Cc1ccccc1-c1noc(CC(=O)Nc2cccc3c2OCC(=O)N3)n1. The van der Waals surface area contributed by atoms with E-state index >= 15 is 0 Å². The largest absolute Gasteiger partial charge is 0.479 e. The van der Waals surface area contributed by atoms with Crippen LogP contribution in [-0.4, -0.2) is 28.6 Å². The highest BCUT2D eigenvalue weighted by molar-refractivity contribution is 6.00. The lowest BCUT2D eigenvalue weighted by atomic mass is 10.1. The summed E-state index contributed by atoms with van der Waals surface area (Å²) in [5, 5.41) is 9.39. The number of hydrogen-bond donors (Lipinski definition) is 2. The van der Waals surface area contributed by atoms with Crippen LogP contribution in [0.4, 0.5) is 11.4 Å². The number of amides is 2. The van der Waals surface area contributed by atoms with Crippen molar-refractivity contribution in [3.05, 3.63) is 53.9 Å². The molecule has 27 heavy (non-hydrogen) atoms. The van der Waals surface area contributed by atoms with Gasteiger partial charge in [-0.05, 0) is 24.6 Å². The van der Waals surface area contributed by atoms with Crippen molar-refractivity contribution in [1.82, 2.24) is 10.1 Å². The fraction of sp³-hybridized carbons (Fsp3) is 0.158. The summed E-state index contributed by atoms with van der Waals surface area (Å²) in [6.07, 6.45) is -0.0745. The summed E-state index contributed by atoms with van der Waals surface area (Å²) in [6.45, 7) is 1.86. The number of aryl methyl sites for hydroxylation is 1. The van der Waals surface area contributed by atoms with Gasteiger partial charge in [-0.3, -0.25) is 9.59 Å². The molecule has 3 aromatic rings. The Kier molecular flexibility index (Phi) is 4.29. The van der Waals surface area contributed by atoms with Gasteiger partial charge in [0.05, 0.1) is 11.4 Å². The number of aromatic nitrogens is 2. The molecule has 1 aliphatic heterocycles. The lowest BCUT2D eigenvalue weighted by molar-refractivity contribution is -0.118. The first-order valence-corrected chi connectivity index (χ1v) is 8.34. The Balaban J connectivity index is 1.48. The highest BCUT2D eigenvalue weighted by Gasteiger charge is 2.21. The molecule has 8 heteroatoms. The van der Waals surface area contributed by atoms with Crippen LogP contribution in [0.1, 0.15) is 11.5 Å². The monoisotopic (exact) mass is 364 g/mol. The second kappa shape index (κ2) is 6.91. The second-order valence-corrected chi connectivity index (χ2v) is 6.07. The van der Waals surface area contributed by atoms with E-state index in [0.717, 1.165) is 11.1 Å². The van der Waals surface area contributed by atoms with Gasteiger partial charge in [-0.15, -0.1) is 0 Å². The minimum absolute atomic E-state index is 0.0745. The van der Waals surface area contributed by atoms with Crippen molar-refractivity contribution in [2.24, 2.45) is 0 Å². The fourth-order valence-corrected chi connectivity index (χ4v) is 2.80. The van der Waals surface area contributed by atoms with E-state index in [-0.39, 0.29) is 30.7 Å². The third-order valence-corrected chi connectivity index (χ3v) is 4.08. The smallest absolute Gasteiger partial charge is 0.262 e. The molecule has 2 N–H and O–H groups in total. The van der Waals surface area contributed by atoms with Crippen LogP contribution in [0.2, 0.25) is 0 Å². The Bertz CT molecular complexity index is 1030. The van der Waals surface area contributed by atoms with Crippen molar-refractivity contribution in [1.29, 1.82) is 0 Å². The van der Waals surface area contributed by atoms with E-state index in [1.807, 2.05) is 31.2 Å². The van der Waals surface area contributed by atoms with Gasteiger partial charge < -0.3 is 19.9 Å². The Labute approximate surface area is 154 Å². The molecule has 136 valence electrons. The topological polar surface area (TPSA) is 106 Å². The van der Waals surface area contributed by atoms with E-state index in [1.165, 1.54) is 0 Å². The summed E-state index contributed by atoms with van der Waals surface area (Å²) in [7, 11) is 0. The van der Waals surface area contributed by atoms with Gasteiger partial charge in [-0.2, -0.15) is 4.98 Å². The zero-order chi connectivity index (χ0) is 18.8. The van der Waals surface area contributed by atoms with Crippen LogP contribution in [0.5, 0.6) is 5.75 Å². The zero-order valence-electron chi connectivity index (χ0n) is 14.5. The van der Waals surface area contributed by atoms with Crippen molar-refractivity contribution in [2.75, 3.05) is 17.2 Å². The number of hydrogen-bond acceptors (Lipinski definition) is 6. The van der Waals surface area contributed by atoms with Gasteiger partial charge in [-0.25, -0.2) is 0 Å². The fourth-order valence-electron chi connectivity index (χ4n) is 2.80. The van der Waals surface area contributed by atoms with Gasteiger partial charge >= 0.3 is 0 Å². The highest BCUT2D eigenvalue weighted by Crippen LogP contribution is 2.35. The van der Waals surface area contributed by atoms with Gasteiger partial charge in [-0.1, -0.05) is 35.5 Å². The molecule has 8 nitrogen and oxygen atoms in total. The van der Waals surface area contributed by atoms with Crippen LogP contribution in [-0.2, 0) is 16.0 Å². The van der Waals surface area contributed by atoms with E-state index in [4.69, 9.17) is 9.26 Å². The number of rotatable bonds is 4. The summed E-state index contributed by atoms with van der Waals surface area (Å²) >= 11 is 0. The third-order valence-electron chi connectivity index (χ3n) is 4.08. The molecule has 0 saturated carbocycles. The lowest BCUT2D eigenvalue weighted by Crippen LogP contribution is -2.26. The average Bonchev–Trinajstić information content (AvgIpc) is 3.10. The molecule has 0 bridgehead atoms. The average molecular weight is 364 g/mol. The van der Waals surface area contributed by atoms with E-state index in [1.54, 1.807) is 18.2 Å². The first kappa shape index (κ1) is 16.8. The Morgan fingerprint density at radius 1 is 1.22 bits per heavy atom.